The van der Waals surface area contributed by atoms with Crippen molar-refractivity contribution in [3.05, 3.63) is 35.7 Å². The minimum Gasteiger partial charge on any atom is -0.495 e. The van der Waals surface area contributed by atoms with E-state index in [2.05, 4.69) is 25.7 Å². The summed E-state index contributed by atoms with van der Waals surface area (Å²) in [6.45, 7) is -0.221. The van der Waals surface area contributed by atoms with Crippen molar-refractivity contribution >= 4 is 11.5 Å². The summed E-state index contributed by atoms with van der Waals surface area (Å²) in [4.78, 5) is 8.32. The molecule has 1 aliphatic heterocycles. The first kappa shape index (κ1) is 20.0. The van der Waals surface area contributed by atoms with Crippen LogP contribution in [0, 0.1) is 11.6 Å². The van der Waals surface area contributed by atoms with Crippen LogP contribution in [0.15, 0.2) is 18.3 Å². The Morgan fingerprint density at radius 2 is 2.03 bits per heavy atom. The number of hydrogen-bond acceptors (Lipinski definition) is 6. The standard InChI is InChI=1S/C20H20F4N6O/c1-31-15-5-16-26-8-14(30(16)29-17(15)10-2-3-10)18-12(21)4-13(22)19(28-18)27-11-6-20(23,24)9-25-7-11/h4-5,8,10-11,25H,2-3,6-7,9H2,1H3,(H,27,28). The molecule has 4 heterocycles. The first-order chi connectivity index (χ1) is 14.8. The quantitative estimate of drug-likeness (QED) is 0.598. The van der Waals surface area contributed by atoms with Crippen molar-refractivity contribution in [2.24, 2.45) is 0 Å². The number of nitrogens with zero attached hydrogens (tertiary/aromatic N) is 4. The molecule has 3 aromatic heterocycles. The number of piperidine rings is 1. The second-order valence-electron chi connectivity index (χ2n) is 7.97. The molecule has 2 N–H and O–H groups in total. The van der Waals surface area contributed by atoms with Crippen molar-refractivity contribution in [3.8, 4) is 17.1 Å². The van der Waals surface area contributed by atoms with Crippen molar-refractivity contribution in [2.45, 2.75) is 37.1 Å². The van der Waals surface area contributed by atoms with Crippen molar-refractivity contribution in [1.29, 1.82) is 0 Å². The summed E-state index contributed by atoms with van der Waals surface area (Å²) in [6, 6.07) is 1.64. The van der Waals surface area contributed by atoms with Gasteiger partial charge in [-0.05, 0) is 12.8 Å². The zero-order valence-electron chi connectivity index (χ0n) is 16.6. The van der Waals surface area contributed by atoms with Crippen LogP contribution in [0.2, 0.25) is 0 Å². The molecule has 2 fully saturated rings. The summed E-state index contributed by atoms with van der Waals surface area (Å²) in [5, 5.41) is 9.85. The number of hydrogen-bond donors (Lipinski definition) is 2. The molecule has 164 valence electrons. The van der Waals surface area contributed by atoms with Gasteiger partial charge in [0.1, 0.15) is 22.8 Å². The topological polar surface area (TPSA) is 76.4 Å². The van der Waals surface area contributed by atoms with Gasteiger partial charge in [-0.25, -0.2) is 32.0 Å². The van der Waals surface area contributed by atoms with Crippen LogP contribution in [0.25, 0.3) is 17.0 Å². The Hall–Kier alpha value is -2.95. The van der Waals surface area contributed by atoms with E-state index in [0.717, 1.165) is 18.5 Å². The van der Waals surface area contributed by atoms with Crippen LogP contribution < -0.4 is 15.4 Å². The number of methoxy groups -OCH3 is 1. The number of pyridine rings is 1. The van der Waals surface area contributed by atoms with E-state index in [1.807, 2.05) is 0 Å². The number of halogens is 4. The third-order valence-corrected chi connectivity index (χ3v) is 5.50. The average Bonchev–Trinajstić information content (AvgIpc) is 3.48. The minimum atomic E-state index is -2.92. The molecule has 1 aliphatic carbocycles. The van der Waals surface area contributed by atoms with E-state index < -0.39 is 36.6 Å². The van der Waals surface area contributed by atoms with Crippen LogP contribution in [0.1, 0.15) is 30.9 Å². The van der Waals surface area contributed by atoms with E-state index in [1.54, 1.807) is 13.2 Å². The largest absolute Gasteiger partial charge is 0.495 e. The van der Waals surface area contributed by atoms with Gasteiger partial charge in [0.25, 0.3) is 5.92 Å². The maximum atomic E-state index is 14.7. The molecule has 0 bridgehead atoms. The first-order valence-corrected chi connectivity index (χ1v) is 9.99. The number of rotatable bonds is 5. The zero-order valence-corrected chi connectivity index (χ0v) is 16.6. The van der Waals surface area contributed by atoms with Gasteiger partial charge in [-0.2, -0.15) is 5.10 Å². The molecule has 1 saturated carbocycles. The Kier molecular flexibility index (Phi) is 4.72. The maximum Gasteiger partial charge on any atom is 0.262 e. The van der Waals surface area contributed by atoms with Gasteiger partial charge in [0.05, 0.1) is 19.9 Å². The van der Waals surface area contributed by atoms with Crippen molar-refractivity contribution < 1.29 is 22.3 Å². The van der Waals surface area contributed by atoms with Gasteiger partial charge in [-0.3, -0.25) is 0 Å². The normalized spacial score (nSPS) is 20.7. The van der Waals surface area contributed by atoms with Crippen LogP contribution >= 0.6 is 0 Å². The smallest absolute Gasteiger partial charge is 0.262 e. The van der Waals surface area contributed by atoms with Crippen LogP contribution in [0.4, 0.5) is 23.4 Å². The molecule has 0 aromatic carbocycles. The molecule has 1 saturated heterocycles. The average molecular weight is 436 g/mol. The molecule has 2 aliphatic rings. The van der Waals surface area contributed by atoms with E-state index in [4.69, 9.17) is 4.74 Å². The Balaban J connectivity index is 1.54. The molecule has 1 unspecified atom stereocenters. The van der Waals surface area contributed by atoms with Gasteiger partial charge < -0.3 is 15.4 Å². The molecule has 11 heteroatoms. The Bertz CT molecular complexity index is 1150. The summed E-state index contributed by atoms with van der Waals surface area (Å²) in [5.41, 5.74) is 1.22. The molecule has 1 atom stereocenters. The monoisotopic (exact) mass is 436 g/mol. The highest BCUT2D eigenvalue weighted by molar-refractivity contribution is 5.63. The third kappa shape index (κ3) is 3.78. The molecular formula is C20H20F4N6O. The van der Waals surface area contributed by atoms with Crippen molar-refractivity contribution in [1.82, 2.24) is 24.9 Å². The molecule has 0 amide bonds. The Labute approximate surface area is 174 Å². The minimum absolute atomic E-state index is 0.175. The zero-order chi connectivity index (χ0) is 21.8. The third-order valence-electron chi connectivity index (χ3n) is 5.50. The first-order valence-electron chi connectivity index (χ1n) is 9.99. The van der Waals surface area contributed by atoms with Gasteiger partial charge in [-0.15, -0.1) is 0 Å². The van der Waals surface area contributed by atoms with E-state index in [9.17, 15) is 17.6 Å². The summed E-state index contributed by atoms with van der Waals surface area (Å²) >= 11 is 0. The molecular weight excluding hydrogens is 416 g/mol. The summed E-state index contributed by atoms with van der Waals surface area (Å²) in [5.74, 6) is -4.21. The van der Waals surface area contributed by atoms with Crippen molar-refractivity contribution in [2.75, 3.05) is 25.5 Å². The summed E-state index contributed by atoms with van der Waals surface area (Å²) in [6.07, 6.45) is 2.88. The fourth-order valence-corrected chi connectivity index (χ4v) is 3.85. The highest BCUT2D eigenvalue weighted by Gasteiger charge is 2.37. The molecule has 0 radical (unpaired) electrons. The molecule has 31 heavy (non-hydrogen) atoms. The van der Waals surface area contributed by atoms with Crippen LogP contribution in [0.5, 0.6) is 5.75 Å². The van der Waals surface area contributed by atoms with E-state index in [1.165, 1.54) is 10.7 Å². The highest BCUT2D eigenvalue weighted by Crippen LogP contribution is 2.43. The predicted octanol–water partition coefficient (Wildman–Crippen LogP) is 3.36. The number of alkyl halides is 2. The van der Waals surface area contributed by atoms with Crippen LogP contribution in [-0.2, 0) is 0 Å². The summed E-state index contributed by atoms with van der Waals surface area (Å²) < 4.78 is 63.2. The number of aromatic nitrogens is 4. The molecule has 7 nitrogen and oxygen atoms in total. The fraction of sp³-hybridized carbons (Fsp3) is 0.450. The number of fused-ring (bicyclic) bond motifs is 1. The number of ether oxygens (including phenoxy) is 1. The van der Waals surface area contributed by atoms with E-state index >= 15 is 0 Å². The predicted molar refractivity (Wildman–Crippen MR) is 105 cm³/mol. The maximum absolute atomic E-state index is 14.7. The van der Waals surface area contributed by atoms with Gasteiger partial charge in [0.15, 0.2) is 23.1 Å². The van der Waals surface area contributed by atoms with Crippen LogP contribution in [0.3, 0.4) is 0 Å². The number of nitrogens with one attached hydrogen (secondary N) is 2. The number of imidazole rings is 1. The SMILES string of the molecule is COc1cc2ncc(-c3nc(NC4CNCC(F)(F)C4)c(F)cc3F)n2nc1C1CC1. The molecule has 3 aromatic rings. The van der Waals surface area contributed by atoms with Gasteiger partial charge in [0, 0.05) is 37.1 Å². The highest BCUT2D eigenvalue weighted by atomic mass is 19.3. The fourth-order valence-electron chi connectivity index (χ4n) is 3.85. The lowest BCUT2D eigenvalue weighted by atomic mass is 10.0. The van der Waals surface area contributed by atoms with Gasteiger partial charge in [0.2, 0.25) is 0 Å². The van der Waals surface area contributed by atoms with Crippen molar-refractivity contribution in [3.63, 3.8) is 0 Å². The lowest BCUT2D eigenvalue weighted by molar-refractivity contribution is -0.0244. The summed E-state index contributed by atoms with van der Waals surface area (Å²) in [7, 11) is 1.55. The number of anilines is 1. The molecule has 5 rings (SSSR count). The second kappa shape index (κ2) is 7.33. The lowest BCUT2D eigenvalue weighted by Gasteiger charge is -2.30. The van der Waals surface area contributed by atoms with Gasteiger partial charge >= 0.3 is 0 Å². The van der Waals surface area contributed by atoms with E-state index in [-0.39, 0.29) is 29.7 Å². The second-order valence-corrected chi connectivity index (χ2v) is 7.97. The van der Waals surface area contributed by atoms with Gasteiger partial charge in [-0.1, -0.05) is 0 Å². The van der Waals surface area contributed by atoms with Crippen LogP contribution in [-0.4, -0.2) is 51.7 Å². The van der Waals surface area contributed by atoms with E-state index in [0.29, 0.717) is 17.5 Å². The lowest BCUT2D eigenvalue weighted by Crippen LogP contribution is -2.49. The Morgan fingerprint density at radius 3 is 2.74 bits per heavy atom. The molecule has 0 spiro atoms. The Morgan fingerprint density at radius 1 is 1.23 bits per heavy atom.